The molecule has 0 heterocycles. The van der Waals surface area contributed by atoms with Crippen molar-refractivity contribution in [3.05, 3.63) is 24.3 Å². The van der Waals surface area contributed by atoms with Gasteiger partial charge in [0.05, 0.1) is 6.61 Å². The van der Waals surface area contributed by atoms with E-state index >= 15 is 0 Å². The van der Waals surface area contributed by atoms with Gasteiger partial charge in [0, 0.05) is 4.90 Å². The fraction of sp³-hybridized carbons (Fsp3) is 0.333. The van der Waals surface area contributed by atoms with Crippen LogP contribution in [0.25, 0.3) is 0 Å². The average Bonchev–Trinajstić information content (AvgIpc) is 2.04. The van der Waals surface area contributed by atoms with Crippen molar-refractivity contribution in [3.63, 3.8) is 0 Å². The first-order valence-electron chi connectivity index (χ1n) is 3.74. The molecular formula is C9H13NaOS. The molecule has 0 saturated heterocycles. The van der Waals surface area contributed by atoms with Gasteiger partial charge in [-0.2, -0.15) is 0 Å². The Morgan fingerprint density at radius 3 is 2.42 bits per heavy atom. The summed E-state index contributed by atoms with van der Waals surface area (Å²) in [6, 6.07) is 7.71. The number of thiol groups is 1. The zero-order chi connectivity index (χ0) is 8.10. The quantitative estimate of drug-likeness (QED) is 0.519. The molecule has 0 aliphatic rings. The van der Waals surface area contributed by atoms with Gasteiger partial charge in [-0.05, 0) is 30.7 Å². The third kappa shape index (κ3) is 4.41. The first-order chi connectivity index (χ1) is 5.33. The van der Waals surface area contributed by atoms with Crippen molar-refractivity contribution < 1.29 is 35.7 Å². The second-order valence-electron chi connectivity index (χ2n) is 2.34. The first kappa shape index (κ1) is 12.4. The molecular weight excluding hydrogens is 179 g/mol. The normalized spacial score (nSPS) is 8.83. The Labute approximate surface area is 103 Å². The Kier molecular flexibility index (Phi) is 7.05. The fourth-order valence-electron chi connectivity index (χ4n) is 0.762. The van der Waals surface area contributed by atoms with Gasteiger partial charge in [0.15, 0.2) is 0 Å². The van der Waals surface area contributed by atoms with E-state index in [0.29, 0.717) is 0 Å². The number of hydrogen-bond donors (Lipinski definition) is 1. The number of hydrogen-bond acceptors (Lipinski definition) is 2. The summed E-state index contributed by atoms with van der Waals surface area (Å²) in [5.41, 5.74) is 0. The minimum absolute atomic E-state index is 0. The van der Waals surface area contributed by atoms with Crippen LogP contribution < -0.4 is 34.3 Å². The summed E-state index contributed by atoms with van der Waals surface area (Å²) < 4.78 is 5.38. The van der Waals surface area contributed by atoms with E-state index in [1.165, 1.54) is 0 Å². The van der Waals surface area contributed by atoms with E-state index in [2.05, 4.69) is 19.6 Å². The molecule has 1 rings (SSSR count). The van der Waals surface area contributed by atoms with E-state index < -0.39 is 0 Å². The van der Waals surface area contributed by atoms with Crippen LogP contribution in [0.1, 0.15) is 14.8 Å². The third-order valence-electron chi connectivity index (χ3n) is 1.31. The molecule has 1 aromatic rings. The number of rotatable bonds is 3. The molecule has 0 bridgehead atoms. The molecule has 0 spiro atoms. The minimum atomic E-state index is 0. The molecule has 0 atom stereocenters. The summed E-state index contributed by atoms with van der Waals surface area (Å²) >= 11 is 4.17. The average molecular weight is 192 g/mol. The summed E-state index contributed by atoms with van der Waals surface area (Å²) in [7, 11) is 0. The fourth-order valence-corrected chi connectivity index (χ4v) is 0.911. The molecule has 0 saturated carbocycles. The van der Waals surface area contributed by atoms with Crippen LogP contribution in [0, 0.1) is 0 Å². The maximum absolute atomic E-state index is 5.38. The van der Waals surface area contributed by atoms with Gasteiger partial charge in [-0.1, -0.05) is 6.92 Å². The van der Waals surface area contributed by atoms with Gasteiger partial charge in [-0.25, -0.2) is 0 Å². The molecule has 0 amide bonds. The van der Waals surface area contributed by atoms with Gasteiger partial charge in [-0.3, -0.25) is 0 Å². The van der Waals surface area contributed by atoms with Gasteiger partial charge in [-0.15, -0.1) is 12.6 Å². The minimum Gasteiger partial charge on any atom is -1.00 e. The predicted octanol–water partition coefficient (Wildman–Crippen LogP) is -0.119. The van der Waals surface area contributed by atoms with E-state index in [1.54, 1.807) is 0 Å². The Morgan fingerprint density at radius 2 is 1.92 bits per heavy atom. The second kappa shape index (κ2) is 6.84. The van der Waals surface area contributed by atoms with Crippen LogP contribution in [0.15, 0.2) is 29.2 Å². The molecule has 0 aliphatic heterocycles. The van der Waals surface area contributed by atoms with Crippen LogP contribution in [0.4, 0.5) is 0 Å². The van der Waals surface area contributed by atoms with Crippen LogP contribution in [0.2, 0.25) is 0 Å². The summed E-state index contributed by atoms with van der Waals surface area (Å²) in [4.78, 5) is 0.967. The van der Waals surface area contributed by atoms with E-state index in [-0.39, 0.29) is 31.0 Å². The summed E-state index contributed by atoms with van der Waals surface area (Å²) in [6.07, 6.45) is 1.04. The molecule has 1 nitrogen and oxygen atoms in total. The van der Waals surface area contributed by atoms with Crippen LogP contribution >= 0.6 is 12.6 Å². The zero-order valence-corrected chi connectivity index (χ0v) is 10.5. The Morgan fingerprint density at radius 1 is 1.33 bits per heavy atom. The standard InChI is InChI=1S/C9H12OS.Na.H/c1-2-7-10-8-3-5-9(11)6-4-8;;/h3-6,11H,2,7H2,1H3;;/q;+1;-1. The van der Waals surface area contributed by atoms with E-state index in [0.717, 1.165) is 23.7 Å². The maximum Gasteiger partial charge on any atom is 1.00 e. The molecule has 0 unspecified atom stereocenters. The molecule has 0 aromatic heterocycles. The van der Waals surface area contributed by atoms with Crippen LogP contribution in [-0.2, 0) is 0 Å². The summed E-state index contributed by atoms with van der Waals surface area (Å²) in [6.45, 7) is 2.87. The van der Waals surface area contributed by atoms with Gasteiger partial charge in [0.2, 0.25) is 0 Å². The SMILES string of the molecule is CCCOc1ccc(S)cc1.[H-].[Na+]. The van der Waals surface area contributed by atoms with Crippen LogP contribution in [0.3, 0.4) is 0 Å². The van der Waals surface area contributed by atoms with Crippen LogP contribution in [-0.4, -0.2) is 6.61 Å². The molecule has 0 radical (unpaired) electrons. The zero-order valence-electron chi connectivity index (χ0n) is 8.58. The van der Waals surface area contributed by atoms with Crippen molar-refractivity contribution in [2.45, 2.75) is 18.2 Å². The molecule has 62 valence electrons. The molecule has 0 N–H and O–H groups in total. The second-order valence-corrected chi connectivity index (χ2v) is 2.86. The Bertz CT molecular complexity index is 215. The van der Waals surface area contributed by atoms with Crippen molar-refractivity contribution in [2.24, 2.45) is 0 Å². The molecule has 0 aliphatic carbocycles. The first-order valence-corrected chi connectivity index (χ1v) is 4.19. The van der Waals surface area contributed by atoms with Crippen molar-refractivity contribution in [2.75, 3.05) is 6.61 Å². The van der Waals surface area contributed by atoms with E-state index in [1.807, 2.05) is 24.3 Å². The van der Waals surface area contributed by atoms with Gasteiger partial charge in [0.1, 0.15) is 5.75 Å². The molecule has 3 heteroatoms. The summed E-state index contributed by atoms with van der Waals surface area (Å²) in [5, 5.41) is 0. The predicted molar refractivity (Wildman–Crippen MR) is 50.6 cm³/mol. The van der Waals surface area contributed by atoms with Crippen molar-refractivity contribution in [1.29, 1.82) is 0 Å². The van der Waals surface area contributed by atoms with Crippen molar-refractivity contribution in [1.82, 2.24) is 0 Å². The van der Waals surface area contributed by atoms with Gasteiger partial charge in [0.25, 0.3) is 0 Å². The smallest absolute Gasteiger partial charge is 1.00 e. The molecule has 1 aromatic carbocycles. The molecule has 12 heavy (non-hydrogen) atoms. The van der Waals surface area contributed by atoms with Crippen molar-refractivity contribution in [3.8, 4) is 5.75 Å². The number of ether oxygens (including phenoxy) is 1. The topological polar surface area (TPSA) is 9.23 Å². The third-order valence-corrected chi connectivity index (χ3v) is 1.61. The van der Waals surface area contributed by atoms with E-state index in [4.69, 9.17) is 4.74 Å². The van der Waals surface area contributed by atoms with Crippen LogP contribution in [0.5, 0.6) is 5.75 Å². The Balaban J connectivity index is 0. The molecule has 0 fully saturated rings. The monoisotopic (exact) mass is 192 g/mol. The van der Waals surface area contributed by atoms with E-state index in [9.17, 15) is 0 Å². The van der Waals surface area contributed by atoms with Crippen molar-refractivity contribution >= 4 is 12.6 Å². The summed E-state index contributed by atoms with van der Waals surface area (Å²) in [5.74, 6) is 0.921. The maximum atomic E-state index is 5.38. The van der Waals surface area contributed by atoms with Gasteiger partial charge < -0.3 is 6.16 Å². The number of benzene rings is 1. The largest absolute Gasteiger partial charge is 1.00 e. The Hall–Kier alpha value is 0.370. The van der Waals surface area contributed by atoms with Gasteiger partial charge >= 0.3 is 29.6 Å².